The largest absolute Gasteiger partial charge is 0.416 e. The van der Waals surface area contributed by atoms with Gasteiger partial charge >= 0.3 is 6.18 Å². The molecule has 0 unspecified atom stereocenters. The molecule has 4 rings (SSSR count). The number of nitrogens with one attached hydrogen (secondary N) is 1. The molecule has 1 aliphatic rings. The van der Waals surface area contributed by atoms with E-state index in [4.69, 9.17) is 16.4 Å². The van der Waals surface area contributed by atoms with Crippen molar-refractivity contribution in [1.82, 2.24) is 14.6 Å². The van der Waals surface area contributed by atoms with Gasteiger partial charge in [0.25, 0.3) is 5.56 Å². The molecule has 0 radical (unpaired) electrons. The maximum absolute atomic E-state index is 13.1. The molecule has 1 amide bonds. The minimum Gasteiger partial charge on any atom is -0.411 e. The molecule has 1 N–H and O–H groups in total. The maximum Gasteiger partial charge on any atom is 0.416 e. The molecule has 2 aromatic carbocycles. The summed E-state index contributed by atoms with van der Waals surface area (Å²) in [6, 6.07) is 11.7. The fourth-order valence-corrected chi connectivity index (χ4v) is 3.89. The molecule has 0 aliphatic carbocycles. The summed E-state index contributed by atoms with van der Waals surface area (Å²) in [4.78, 5) is 37.0. The van der Waals surface area contributed by atoms with Crippen LogP contribution in [0.2, 0.25) is 5.02 Å². The molecule has 3 aromatic rings. The topological polar surface area (TPSA) is 76.5 Å². The van der Waals surface area contributed by atoms with Gasteiger partial charge in [-0.05, 0) is 41.5 Å². The van der Waals surface area contributed by atoms with Gasteiger partial charge in [0.15, 0.2) is 0 Å². The van der Waals surface area contributed by atoms with Gasteiger partial charge in [0.2, 0.25) is 11.9 Å². The molecule has 0 spiro atoms. The number of fused-ring (bicyclic) bond motifs is 1. The first-order valence-electron chi connectivity index (χ1n) is 11.0. The lowest BCUT2D eigenvalue weighted by Gasteiger charge is -2.28. The third-order valence-corrected chi connectivity index (χ3v) is 5.96. The lowest BCUT2D eigenvalue weighted by Crippen LogP contribution is -2.42. The van der Waals surface area contributed by atoms with Crippen molar-refractivity contribution in [2.45, 2.75) is 25.7 Å². The summed E-state index contributed by atoms with van der Waals surface area (Å²) in [7, 11) is 1.30. The van der Waals surface area contributed by atoms with E-state index in [9.17, 15) is 22.8 Å². The molecular weight excluding hydrogens is 497 g/mol. The molecule has 0 fully saturated rings. The molecule has 11 heteroatoms. The van der Waals surface area contributed by atoms with Gasteiger partial charge in [-0.15, -0.1) is 4.73 Å². The maximum atomic E-state index is 13.1. The molecular formula is C25H22ClF3N4O3. The first-order valence-corrected chi connectivity index (χ1v) is 11.4. The SMILES string of the molecule is COn1c(NCc2ccc(C(F)(F)F)cc2)nc2c(c1=O)CN(C(=O)C=Cc1ccc(Cl)cc1)CC2. The number of amides is 1. The van der Waals surface area contributed by atoms with E-state index in [1.807, 2.05) is 0 Å². The molecule has 1 aliphatic heterocycles. The van der Waals surface area contributed by atoms with Crippen molar-refractivity contribution in [1.29, 1.82) is 0 Å². The van der Waals surface area contributed by atoms with Gasteiger partial charge in [-0.2, -0.15) is 13.2 Å². The van der Waals surface area contributed by atoms with Crippen LogP contribution < -0.4 is 15.7 Å². The van der Waals surface area contributed by atoms with Crippen LogP contribution >= 0.6 is 11.6 Å². The van der Waals surface area contributed by atoms with Gasteiger partial charge in [-0.3, -0.25) is 9.59 Å². The van der Waals surface area contributed by atoms with Gasteiger partial charge in [-0.1, -0.05) is 35.9 Å². The first-order chi connectivity index (χ1) is 17.2. The van der Waals surface area contributed by atoms with Crippen molar-refractivity contribution < 1.29 is 22.8 Å². The van der Waals surface area contributed by atoms with Gasteiger partial charge in [0.05, 0.1) is 23.4 Å². The molecule has 0 saturated carbocycles. The van der Waals surface area contributed by atoms with E-state index in [1.54, 1.807) is 35.2 Å². The fraction of sp³-hybridized carbons (Fsp3) is 0.240. The number of hydrogen-bond donors (Lipinski definition) is 1. The Morgan fingerprint density at radius 3 is 2.50 bits per heavy atom. The van der Waals surface area contributed by atoms with Crippen molar-refractivity contribution >= 4 is 29.5 Å². The number of benzene rings is 2. The summed E-state index contributed by atoms with van der Waals surface area (Å²) in [5.74, 6) is -0.118. The number of anilines is 1. The molecule has 1 aromatic heterocycles. The van der Waals surface area contributed by atoms with Gasteiger partial charge in [-0.25, -0.2) is 4.98 Å². The number of aromatic nitrogens is 2. The average molecular weight is 519 g/mol. The van der Waals surface area contributed by atoms with E-state index in [0.717, 1.165) is 22.4 Å². The number of nitrogens with zero attached hydrogens (tertiary/aromatic N) is 3. The predicted octanol–water partition coefficient (Wildman–Crippen LogP) is 4.18. The Morgan fingerprint density at radius 1 is 1.17 bits per heavy atom. The zero-order chi connectivity index (χ0) is 25.9. The van der Waals surface area contributed by atoms with Crippen molar-refractivity contribution in [3.8, 4) is 0 Å². The number of alkyl halides is 3. The monoisotopic (exact) mass is 518 g/mol. The van der Waals surface area contributed by atoms with Crippen LogP contribution in [0.1, 0.15) is 27.9 Å². The average Bonchev–Trinajstić information content (AvgIpc) is 2.86. The molecule has 36 heavy (non-hydrogen) atoms. The lowest BCUT2D eigenvalue weighted by molar-refractivity contribution is -0.137. The fourth-order valence-electron chi connectivity index (χ4n) is 3.77. The van der Waals surface area contributed by atoms with Gasteiger partial charge in [0, 0.05) is 30.6 Å². The Kier molecular flexibility index (Phi) is 7.35. The Labute approximate surface area is 209 Å². The Morgan fingerprint density at radius 2 is 1.86 bits per heavy atom. The van der Waals surface area contributed by atoms with E-state index in [1.165, 1.54) is 25.3 Å². The highest BCUT2D eigenvalue weighted by atomic mass is 35.5. The minimum absolute atomic E-state index is 0.0769. The second-order valence-electron chi connectivity index (χ2n) is 8.09. The van der Waals surface area contributed by atoms with Crippen molar-refractivity contribution in [2.24, 2.45) is 0 Å². The minimum atomic E-state index is -4.41. The number of halogens is 4. The Balaban J connectivity index is 1.48. The van der Waals surface area contributed by atoms with Crippen LogP contribution in [-0.4, -0.2) is 34.2 Å². The van der Waals surface area contributed by atoms with E-state index < -0.39 is 17.3 Å². The lowest BCUT2D eigenvalue weighted by atomic mass is 10.1. The molecule has 0 atom stereocenters. The third kappa shape index (κ3) is 5.71. The predicted molar refractivity (Wildman–Crippen MR) is 129 cm³/mol. The summed E-state index contributed by atoms with van der Waals surface area (Å²) in [6.07, 6.45) is -0.932. The van der Waals surface area contributed by atoms with Crippen LogP contribution in [0.3, 0.4) is 0 Å². The molecule has 2 heterocycles. The molecule has 188 valence electrons. The number of carbonyl (C=O) groups excluding carboxylic acids is 1. The summed E-state index contributed by atoms with van der Waals surface area (Å²) in [6.45, 7) is 0.582. The van der Waals surface area contributed by atoms with Gasteiger partial charge in [0.1, 0.15) is 7.11 Å². The van der Waals surface area contributed by atoms with E-state index in [-0.39, 0.29) is 24.9 Å². The Bertz CT molecular complexity index is 1340. The smallest absolute Gasteiger partial charge is 0.411 e. The van der Waals surface area contributed by atoms with Crippen LogP contribution in [0.15, 0.2) is 59.4 Å². The van der Waals surface area contributed by atoms with Crippen molar-refractivity contribution in [3.63, 3.8) is 0 Å². The van der Waals surface area contributed by atoms with E-state index >= 15 is 0 Å². The molecule has 0 bridgehead atoms. The van der Waals surface area contributed by atoms with Crippen LogP contribution in [0.5, 0.6) is 0 Å². The van der Waals surface area contributed by atoms with E-state index in [2.05, 4.69) is 10.3 Å². The zero-order valence-electron chi connectivity index (χ0n) is 19.2. The van der Waals surface area contributed by atoms with Crippen LogP contribution in [0.4, 0.5) is 19.1 Å². The van der Waals surface area contributed by atoms with E-state index in [0.29, 0.717) is 34.8 Å². The summed E-state index contributed by atoms with van der Waals surface area (Å²) in [5, 5.41) is 3.55. The summed E-state index contributed by atoms with van der Waals surface area (Å²) in [5.41, 5.74) is 1.07. The zero-order valence-corrected chi connectivity index (χ0v) is 19.9. The van der Waals surface area contributed by atoms with Crippen LogP contribution in [0.25, 0.3) is 6.08 Å². The van der Waals surface area contributed by atoms with Gasteiger partial charge < -0.3 is 15.1 Å². The normalized spacial score (nSPS) is 13.5. The highest BCUT2D eigenvalue weighted by Gasteiger charge is 2.30. The quantitative estimate of drug-likeness (QED) is 0.495. The number of hydrogen-bond acceptors (Lipinski definition) is 5. The highest BCUT2D eigenvalue weighted by molar-refractivity contribution is 6.30. The number of carbonyl (C=O) groups is 1. The summed E-state index contributed by atoms with van der Waals surface area (Å²) >= 11 is 5.88. The molecule has 7 nitrogen and oxygen atoms in total. The first kappa shape index (κ1) is 25.3. The molecule has 0 saturated heterocycles. The van der Waals surface area contributed by atoms with Crippen molar-refractivity contribution in [3.05, 3.63) is 97.9 Å². The Hall–Kier alpha value is -3.79. The number of rotatable bonds is 6. The summed E-state index contributed by atoms with van der Waals surface area (Å²) < 4.78 is 39.3. The van der Waals surface area contributed by atoms with Crippen LogP contribution in [-0.2, 0) is 30.5 Å². The highest BCUT2D eigenvalue weighted by Crippen LogP contribution is 2.29. The standard InChI is InChI=1S/C25H22ClF3N4O3/c1-36-33-23(35)20-15-32(22(34)11-6-16-4-9-19(26)10-5-16)13-12-21(20)31-24(33)30-14-17-2-7-18(8-3-17)25(27,28)29/h2-11H,12-15H2,1H3,(H,30,31). The van der Waals surface area contributed by atoms with Crippen molar-refractivity contribution in [2.75, 3.05) is 19.0 Å². The second kappa shape index (κ2) is 10.4. The van der Waals surface area contributed by atoms with Crippen LogP contribution in [0, 0.1) is 0 Å². The second-order valence-corrected chi connectivity index (χ2v) is 8.52. The third-order valence-electron chi connectivity index (χ3n) is 5.71.